The van der Waals surface area contributed by atoms with E-state index in [-0.39, 0.29) is 5.92 Å². The Morgan fingerprint density at radius 3 is 2.24 bits per heavy atom. The molecule has 162 valence electrons. The number of amides is 3. The molecule has 29 heavy (non-hydrogen) atoms. The summed E-state index contributed by atoms with van der Waals surface area (Å²) in [4.78, 5) is 42.0. The molecule has 9 nitrogen and oxygen atoms in total. The van der Waals surface area contributed by atoms with E-state index in [1.165, 1.54) is 12.6 Å². The van der Waals surface area contributed by atoms with E-state index in [1.54, 1.807) is 24.4 Å². The van der Waals surface area contributed by atoms with Crippen molar-refractivity contribution >= 4 is 23.5 Å². The number of methoxy groups -OCH3 is 1. The van der Waals surface area contributed by atoms with Gasteiger partial charge in [-0.25, -0.2) is 10.5 Å². The van der Waals surface area contributed by atoms with Gasteiger partial charge in [0.1, 0.15) is 18.0 Å². The number of hydroxylamine groups is 1. The van der Waals surface area contributed by atoms with Crippen LogP contribution in [0.1, 0.15) is 41.0 Å². The SMILES string of the molecule is COC(C(=O)NO)[C@H](CC(C)C)C(=O)NC(C(=O)Nc1ccccn1)C(C)(C)C. The lowest BCUT2D eigenvalue weighted by Crippen LogP contribution is -2.55. The Kier molecular flexibility index (Phi) is 9.19. The molecule has 0 radical (unpaired) electrons. The third kappa shape index (κ3) is 7.43. The van der Waals surface area contributed by atoms with Crippen LogP contribution < -0.4 is 16.1 Å². The normalized spacial score (nSPS) is 14.6. The first-order valence-corrected chi connectivity index (χ1v) is 9.50. The maximum absolute atomic E-state index is 13.1. The van der Waals surface area contributed by atoms with Crippen LogP contribution in [0.4, 0.5) is 5.82 Å². The van der Waals surface area contributed by atoms with Crippen LogP contribution in [-0.2, 0) is 19.1 Å². The minimum Gasteiger partial charge on any atom is -0.371 e. The zero-order valence-electron chi connectivity index (χ0n) is 17.9. The van der Waals surface area contributed by atoms with Gasteiger partial charge in [-0.15, -0.1) is 0 Å². The minimum atomic E-state index is -1.19. The van der Waals surface area contributed by atoms with E-state index in [1.807, 2.05) is 34.6 Å². The summed E-state index contributed by atoms with van der Waals surface area (Å²) in [7, 11) is 1.29. The average molecular weight is 408 g/mol. The van der Waals surface area contributed by atoms with E-state index >= 15 is 0 Å². The van der Waals surface area contributed by atoms with Gasteiger partial charge in [0.25, 0.3) is 5.91 Å². The number of nitrogens with one attached hydrogen (secondary N) is 3. The van der Waals surface area contributed by atoms with Crippen molar-refractivity contribution in [3.05, 3.63) is 24.4 Å². The van der Waals surface area contributed by atoms with Crippen molar-refractivity contribution in [3.63, 3.8) is 0 Å². The van der Waals surface area contributed by atoms with E-state index in [0.717, 1.165) is 0 Å². The van der Waals surface area contributed by atoms with Gasteiger partial charge < -0.3 is 15.4 Å². The van der Waals surface area contributed by atoms with Crippen LogP contribution in [0.25, 0.3) is 0 Å². The van der Waals surface area contributed by atoms with E-state index < -0.39 is 41.2 Å². The predicted octanol–water partition coefficient (Wildman–Crippen LogP) is 1.73. The van der Waals surface area contributed by atoms with Crippen LogP contribution in [0.2, 0.25) is 0 Å². The zero-order chi connectivity index (χ0) is 22.2. The molecule has 0 saturated heterocycles. The van der Waals surface area contributed by atoms with Gasteiger partial charge in [-0.1, -0.05) is 40.7 Å². The van der Waals surface area contributed by atoms with Gasteiger partial charge in [0.2, 0.25) is 11.8 Å². The summed E-state index contributed by atoms with van der Waals surface area (Å²) in [5.41, 5.74) is 0.920. The first-order valence-electron chi connectivity index (χ1n) is 9.50. The molecule has 1 aromatic heterocycles. The number of carbonyl (C=O) groups is 3. The highest BCUT2D eigenvalue weighted by Gasteiger charge is 2.39. The summed E-state index contributed by atoms with van der Waals surface area (Å²) in [6, 6.07) is 4.23. The lowest BCUT2D eigenvalue weighted by atomic mass is 9.84. The number of ether oxygens (including phenoxy) is 1. The number of aromatic nitrogens is 1. The molecular formula is C20H32N4O5. The zero-order valence-corrected chi connectivity index (χ0v) is 17.9. The fraction of sp³-hybridized carbons (Fsp3) is 0.600. The Morgan fingerprint density at radius 1 is 1.14 bits per heavy atom. The number of hydrogen-bond acceptors (Lipinski definition) is 6. The molecule has 2 unspecified atom stereocenters. The van der Waals surface area contributed by atoms with Crippen molar-refractivity contribution in [2.45, 2.75) is 53.2 Å². The van der Waals surface area contributed by atoms with Gasteiger partial charge in [0.15, 0.2) is 0 Å². The molecule has 0 aromatic carbocycles. The molecule has 1 rings (SSSR count). The Hall–Kier alpha value is -2.52. The van der Waals surface area contributed by atoms with Gasteiger partial charge >= 0.3 is 0 Å². The highest BCUT2D eigenvalue weighted by Crippen LogP contribution is 2.24. The second-order valence-electron chi connectivity index (χ2n) is 8.38. The topological polar surface area (TPSA) is 130 Å². The number of nitrogens with zero attached hydrogens (tertiary/aromatic N) is 1. The fourth-order valence-corrected chi connectivity index (χ4v) is 2.95. The van der Waals surface area contributed by atoms with E-state index in [2.05, 4.69) is 15.6 Å². The Bertz CT molecular complexity index is 688. The Balaban J connectivity index is 3.09. The monoisotopic (exact) mass is 408 g/mol. The highest BCUT2D eigenvalue weighted by atomic mass is 16.5. The summed E-state index contributed by atoms with van der Waals surface area (Å²) in [5.74, 6) is -2.20. The van der Waals surface area contributed by atoms with Crippen molar-refractivity contribution in [2.24, 2.45) is 17.3 Å². The summed E-state index contributed by atoms with van der Waals surface area (Å²) in [5, 5.41) is 14.4. The average Bonchev–Trinajstić information content (AvgIpc) is 2.64. The number of rotatable bonds is 9. The summed E-state index contributed by atoms with van der Waals surface area (Å²) in [6.07, 6.45) is 0.688. The molecule has 1 heterocycles. The molecule has 3 amide bonds. The molecule has 0 aliphatic heterocycles. The van der Waals surface area contributed by atoms with Crippen LogP contribution >= 0.6 is 0 Å². The minimum absolute atomic E-state index is 0.0744. The predicted molar refractivity (Wildman–Crippen MR) is 108 cm³/mol. The Morgan fingerprint density at radius 2 is 1.79 bits per heavy atom. The molecule has 9 heteroatoms. The first kappa shape index (κ1) is 24.5. The second kappa shape index (κ2) is 10.9. The summed E-state index contributed by atoms with van der Waals surface area (Å²) >= 11 is 0. The number of pyridine rings is 1. The molecule has 0 aliphatic carbocycles. The van der Waals surface area contributed by atoms with Crippen LogP contribution in [0.15, 0.2) is 24.4 Å². The number of carbonyl (C=O) groups excluding carboxylic acids is 3. The molecule has 1 aromatic rings. The lowest BCUT2D eigenvalue weighted by Gasteiger charge is -2.33. The van der Waals surface area contributed by atoms with Crippen molar-refractivity contribution in [1.82, 2.24) is 15.8 Å². The molecule has 4 N–H and O–H groups in total. The third-order valence-corrected chi connectivity index (χ3v) is 4.38. The van der Waals surface area contributed by atoms with Crippen LogP contribution in [0.3, 0.4) is 0 Å². The van der Waals surface area contributed by atoms with E-state index in [9.17, 15) is 14.4 Å². The van der Waals surface area contributed by atoms with Gasteiger partial charge in [0.05, 0.1) is 5.92 Å². The molecular weight excluding hydrogens is 376 g/mol. The van der Waals surface area contributed by atoms with Crippen molar-refractivity contribution < 1.29 is 24.3 Å². The summed E-state index contributed by atoms with van der Waals surface area (Å²) in [6.45, 7) is 9.27. The summed E-state index contributed by atoms with van der Waals surface area (Å²) < 4.78 is 5.17. The number of hydrogen-bond donors (Lipinski definition) is 4. The molecule has 0 spiro atoms. The van der Waals surface area contributed by atoms with Gasteiger partial charge in [-0.3, -0.25) is 19.6 Å². The molecule has 0 fully saturated rings. The lowest BCUT2D eigenvalue weighted by molar-refractivity contribution is -0.149. The largest absolute Gasteiger partial charge is 0.371 e. The van der Waals surface area contributed by atoms with Crippen LogP contribution in [0, 0.1) is 17.3 Å². The maximum atomic E-state index is 13.1. The maximum Gasteiger partial charge on any atom is 0.273 e. The van der Waals surface area contributed by atoms with Gasteiger partial charge in [-0.2, -0.15) is 0 Å². The standard InChI is InChI=1S/C20H32N4O5/c1-12(2)11-13(15(29-6)18(26)24-28)17(25)23-16(20(3,4)5)19(27)22-14-9-7-8-10-21-14/h7-10,12-13,15-16,28H,11H2,1-6H3,(H,23,25)(H,24,26)(H,21,22,27)/t13-,15?,16?/m0/s1. The van der Waals surface area contributed by atoms with Crippen molar-refractivity contribution in [2.75, 3.05) is 12.4 Å². The van der Waals surface area contributed by atoms with Gasteiger partial charge in [0, 0.05) is 13.3 Å². The van der Waals surface area contributed by atoms with Crippen molar-refractivity contribution in [1.29, 1.82) is 0 Å². The fourth-order valence-electron chi connectivity index (χ4n) is 2.95. The molecule has 0 saturated carbocycles. The Labute approximate surface area is 171 Å². The smallest absolute Gasteiger partial charge is 0.273 e. The third-order valence-electron chi connectivity index (χ3n) is 4.38. The molecule has 0 aliphatic rings. The van der Waals surface area contributed by atoms with Crippen LogP contribution in [-0.4, -0.2) is 47.2 Å². The second-order valence-corrected chi connectivity index (χ2v) is 8.38. The van der Waals surface area contributed by atoms with Gasteiger partial charge in [-0.05, 0) is 29.9 Å². The quantitative estimate of drug-likeness (QED) is 0.364. The van der Waals surface area contributed by atoms with Crippen LogP contribution in [0.5, 0.6) is 0 Å². The first-order chi connectivity index (χ1) is 13.5. The van der Waals surface area contributed by atoms with Crippen molar-refractivity contribution in [3.8, 4) is 0 Å². The molecule has 3 atom stereocenters. The molecule has 0 bridgehead atoms. The highest BCUT2D eigenvalue weighted by molar-refractivity contribution is 5.98. The van der Waals surface area contributed by atoms with E-state index in [0.29, 0.717) is 12.2 Å². The number of anilines is 1. The van der Waals surface area contributed by atoms with E-state index in [4.69, 9.17) is 9.94 Å².